The standard InChI is InChI=1S/C11H17N3O6S/c12-11(9(19)20)4-6(8(17)18)14(5-11)10(21)13-3-1-2-7(15)16/h6H,1-5,12H2,(H,13,21)(H,15,16)(H,17,18)(H,19,20). The average molecular weight is 319 g/mol. The van der Waals surface area contributed by atoms with E-state index in [4.69, 9.17) is 33.3 Å². The Kier molecular flexibility index (Phi) is 5.44. The van der Waals surface area contributed by atoms with Gasteiger partial charge in [-0.15, -0.1) is 0 Å². The Morgan fingerprint density at radius 3 is 2.43 bits per heavy atom. The van der Waals surface area contributed by atoms with Gasteiger partial charge in [-0.3, -0.25) is 9.59 Å². The number of carboxylic acids is 3. The van der Waals surface area contributed by atoms with Gasteiger partial charge in [0, 0.05) is 25.9 Å². The molecule has 118 valence electrons. The van der Waals surface area contributed by atoms with Gasteiger partial charge < -0.3 is 31.3 Å². The van der Waals surface area contributed by atoms with Gasteiger partial charge in [0.05, 0.1) is 0 Å². The van der Waals surface area contributed by atoms with Crippen LogP contribution >= 0.6 is 12.2 Å². The van der Waals surface area contributed by atoms with Crippen LogP contribution in [0.5, 0.6) is 0 Å². The molecule has 1 saturated heterocycles. The zero-order valence-corrected chi connectivity index (χ0v) is 11.9. The molecule has 10 heteroatoms. The van der Waals surface area contributed by atoms with Crippen molar-refractivity contribution in [2.45, 2.75) is 30.8 Å². The molecule has 0 aromatic carbocycles. The Morgan fingerprint density at radius 1 is 1.33 bits per heavy atom. The molecule has 0 bridgehead atoms. The van der Waals surface area contributed by atoms with Gasteiger partial charge in [0.1, 0.15) is 11.6 Å². The van der Waals surface area contributed by atoms with Crippen molar-refractivity contribution < 1.29 is 29.7 Å². The highest BCUT2D eigenvalue weighted by molar-refractivity contribution is 7.80. The second-order valence-electron chi connectivity index (χ2n) is 4.88. The Morgan fingerprint density at radius 2 is 1.95 bits per heavy atom. The molecule has 0 spiro atoms. The number of carbonyl (C=O) groups is 3. The molecule has 2 unspecified atom stereocenters. The van der Waals surface area contributed by atoms with Crippen LogP contribution in [0.25, 0.3) is 0 Å². The fourth-order valence-corrected chi connectivity index (χ4v) is 2.35. The maximum absolute atomic E-state index is 11.2. The van der Waals surface area contributed by atoms with Gasteiger partial charge >= 0.3 is 17.9 Å². The van der Waals surface area contributed by atoms with E-state index in [1.165, 1.54) is 4.90 Å². The molecule has 1 heterocycles. The molecule has 0 aromatic heterocycles. The number of likely N-dealkylation sites (tertiary alicyclic amines) is 1. The van der Waals surface area contributed by atoms with Crippen LogP contribution in [0.3, 0.4) is 0 Å². The third-order valence-corrected chi connectivity index (χ3v) is 3.58. The summed E-state index contributed by atoms with van der Waals surface area (Å²) in [6, 6.07) is -1.12. The molecule has 0 radical (unpaired) electrons. The number of nitrogens with zero attached hydrogens (tertiary/aromatic N) is 1. The van der Waals surface area contributed by atoms with Crippen LogP contribution in [0, 0.1) is 0 Å². The second kappa shape index (κ2) is 6.68. The molecule has 1 aliphatic rings. The second-order valence-corrected chi connectivity index (χ2v) is 5.26. The van der Waals surface area contributed by atoms with E-state index in [0.29, 0.717) is 6.42 Å². The van der Waals surface area contributed by atoms with Crippen molar-refractivity contribution in [2.75, 3.05) is 13.1 Å². The van der Waals surface area contributed by atoms with Crippen LogP contribution in [0.1, 0.15) is 19.3 Å². The minimum atomic E-state index is -1.67. The molecule has 1 aliphatic heterocycles. The van der Waals surface area contributed by atoms with E-state index in [9.17, 15) is 14.4 Å². The fourth-order valence-electron chi connectivity index (χ4n) is 2.06. The number of hydrogen-bond donors (Lipinski definition) is 5. The van der Waals surface area contributed by atoms with Crippen molar-refractivity contribution in [1.29, 1.82) is 0 Å². The van der Waals surface area contributed by atoms with Gasteiger partial charge in [0.2, 0.25) is 0 Å². The summed E-state index contributed by atoms with van der Waals surface area (Å²) in [5.41, 5.74) is 4.01. The zero-order valence-electron chi connectivity index (χ0n) is 11.1. The highest BCUT2D eigenvalue weighted by atomic mass is 32.1. The summed E-state index contributed by atoms with van der Waals surface area (Å²) >= 11 is 5.03. The van der Waals surface area contributed by atoms with Gasteiger partial charge in [-0.05, 0) is 18.6 Å². The summed E-state index contributed by atoms with van der Waals surface area (Å²) < 4.78 is 0. The number of nitrogens with two attached hydrogens (primary N) is 1. The van der Waals surface area contributed by atoms with Crippen LogP contribution in [0.2, 0.25) is 0 Å². The lowest BCUT2D eigenvalue weighted by molar-refractivity contribution is -0.143. The molecule has 0 amide bonds. The predicted molar refractivity (Wildman–Crippen MR) is 74.8 cm³/mol. The lowest BCUT2D eigenvalue weighted by Gasteiger charge is -2.25. The molecule has 0 aliphatic carbocycles. The molecule has 6 N–H and O–H groups in total. The monoisotopic (exact) mass is 319 g/mol. The maximum Gasteiger partial charge on any atom is 0.326 e. The molecule has 21 heavy (non-hydrogen) atoms. The summed E-state index contributed by atoms with van der Waals surface area (Å²) in [6.45, 7) is 0.0304. The highest BCUT2D eigenvalue weighted by Crippen LogP contribution is 2.26. The number of thiocarbonyl (C=S) groups is 1. The first-order chi connectivity index (χ1) is 9.67. The lowest BCUT2D eigenvalue weighted by atomic mass is 9.98. The Labute approximate surface area is 125 Å². The molecular weight excluding hydrogens is 302 g/mol. The lowest BCUT2D eigenvalue weighted by Crippen LogP contribution is -2.52. The maximum atomic E-state index is 11.2. The van der Waals surface area contributed by atoms with Crippen molar-refractivity contribution in [2.24, 2.45) is 5.73 Å². The van der Waals surface area contributed by atoms with Gasteiger partial charge in [-0.1, -0.05) is 0 Å². The summed E-state index contributed by atoms with van der Waals surface area (Å²) in [7, 11) is 0. The van der Waals surface area contributed by atoms with E-state index in [1.807, 2.05) is 0 Å². The Hall–Kier alpha value is -1.94. The van der Waals surface area contributed by atoms with Gasteiger partial charge in [-0.25, -0.2) is 4.79 Å². The number of aliphatic carboxylic acids is 3. The first kappa shape index (κ1) is 17.1. The Balaban J connectivity index is 2.66. The van der Waals surface area contributed by atoms with Crippen LogP contribution in [0.15, 0.2) is 0 Å². The molecule has 2 atom stereocenters. The largest absolute Gasteiger partial charge is 0.481 e. The molecule has 0 aromatic rings. The summed E-state index contributed by atoms with van der Waals surface area (Å²) in [5.74, 6) is -3.44. The summed E-state index contributed by atoms with van der Waals surface area (Å²) in [5, 5.41) is 29.5. The van der Waals surface area contributed by atoms with E-state index in [2.05, 4.69) is 5.32 Å². The first-order valence-corrected chi connectivity index (χ1v) is 6.59. The quantitative estimate of drug-likeness (QED) is 0.294. The number of rotatable bonds is 6. The number of carboxylic acid groups (broad SMARTS) is 3. The molecule has 1 fully saturated rings. The van der Waals surface area contributed by atoms with Crippen molar-refractivity contribution >= 4 is 35.2 Å². The van der Waals surface area contributed by atoms with E-state index in [1.54, 1.807) is 0 Å². The first-order valence-electron chi connectivity index (χ1n) is 6.19. The molecule has 0 saturated carbocycles. The molecule has 9 nitrogen and oxygen atoms in total. The third-order valence-electron chi connectivity index (χ3n) is 3.20. The van der Waals surface area contributed by atoms with E-state index in [-0.39, 0.29) is 31.0 Å². The minimum absolute atomic E-state index is 0.0477. The molecule has 1 rings (SSSR count). The Bertz CT molecular complexity index is 471. The average Bonchev–Trinajstić information content (AvgIpc) is 2.74. The van der Waals surface area contributed by atoms with Gasteiger partial charge in [0.15, 0.2) is 5.11 Å². The van der Waals surface area contributed by atoms with Crippen molar-refractivity contribution in [3.8, 4) is 0 Å². The van der Waals surface area contributed by atoms with E-state index in [0.717, 1.165) is 0 Å². The van der Waals surface area contributed by atoms with Crippen molar-refractivity contribution in [1.82, 2.24) is 10.2 Å². The topological polar surface area (TPSA) is 153 Å². The van der Waals surface area contributed by atoms with Crippen LogP contribution in [-0.2, 0) is 14.4 Å². The zero-order chi connectivity index (χ0) is 16.2. The van der Waals surface area contributed by atoms with Gasteiger partial charge in [0.25, 0.3) is 0 Å². The third kappa shape index (κ3) is 4.26. The van der Waals surface area contributed by atoms with E-state index >= 15 is 0 Å². The van der Waals surface area contributed by atoms with E-state index < -0.39 is 29.5 Å². The van der Waals surface area contributed by atoms with Crippen LogP contribution < -0.4 is 11.1 Å². The van der Waals surface area contributed by atoms with Crippen molar-refractivity contribution in [3.05, 3.63) is 0 Å². The summed E-state index contributed by atoms with van der Waals surface area (Å²) in [4.78, 5) is 33.9. The molecular formula is C11H17N3O6S. The highest BCUT2D eigenvalue weighted by Gasteiger charge is 2.50. The van der Waals surface area contributed by atoms with Crippen LogP contribution in [-0.4, -0.2) is 67.9 Å². The summed E-state index contributed by atoms with van der Waals surface area (Å²) in [6.07, 6.45) is 0.0102. The fraction of sp³-hybridized carbons (Fsp3) is 0.636. The van der Waals surface area contributed by atoms with Gasteiger partial charge in [-0.2, -0.15) is 0 Å². The number of nitrogens with one attached hydrogen (secondary N) is 1. The van der Waals surface area contributed by atoms with Crippen LogP contribution in [0.4, 0.5) is 0 Å². The SMILES string of the molecule is NC1(C(=O)O)CC(C(=O)O)N(C(=S)NCCCC(=O)O)C1. The minimum Gasteiger partial charge on any atom is -0.481 e. The van der Waals surface area contributed by atoms with Crippen molar-refractivity contribution in [3.63, 3.8) is 0 Å². The predicted octanol–water partition coefficient (Wildman–Crippen LogP) is -1.33. The normalized spacial score (nSPS) is 24.6. The smallest absolute Gasteiger partial charge is 0.326 e. The number of hydrogen-bond acceptors (Lipinski definition) is 5.